The van der Waals surface area contributed by atoms with Gasteiger partial charge < -0.3 is 31.9 Å². The molecule has 0 radical (unpaired) electrons. The normalized spacial score (nSPS) is 15.7. The molecule has 184 valence electrons. The van der Waals surface area contributed by atoms with Crippen molar-refractivity contribution in [3.05, 3.63) is 0 Å². The zero-order chi connectivity index (χ0) is 25.0. The number of rotatable bonds is 15. The summed E-state index contributed by atoms with van der Waals surface area (Å²) in [4.78, 5) is 60.5. The molecule has 11 nitrogen and oxygen atoms in total. The molecule has 0 heterocycles. The molecule has 0 aromatic carbocycles. The Balaban J connectivity index is 5.53. The van der Waals surface area contributed by atoms with E-state index in [1.165, 1.54) is 11.8 Å². The Morgan fingerprint density at radius 3 is 1.88 bits per heavy atom. The van der Waals surface area contributed by atoms with Crippen LogP contribution in [-0.2, 0) is 24.0 Å². The van der Waals surface area contributed by atoms with Crippen LogP contribution in [0.25, 0.3) is 0 Å². The lowest BCUT2D eigenvalue weighted by atomic mass is 9.98. The third-order valence-electron chi connectivity index (χ3n) is 5.05. The number of amides is 3. The summed E-state index contributed by atoms with van der Waals surface area (Å²) in [5.41, 5.74) is 5.77. The van der Waals surface area contributed by atoms with E-state index in [1.54, 1.807) is 34.0 Å². The molecule has 0 aliphatic rings. The topological polar surface area (TPSA) is 188 Å². The van der Waals surface area contributed by atoms with Crippen molar-refractivity contribution in [1.29, 1.82) is 0 Å². The van der Waals surface area contributed by atoms with E-state index in [0.29, 0.717) is 12.2 Å². The Morgan fingerprint density at radius 1 is 0.906 bits per heavy atom. The van der Waals surface area contributed by atoms with Gasteiger partial charge >= 0.3 is 11.9 Å². The van der Waals surface area contributed by atoms with Gasteiger partial charge in [0.05, 0.1) is 12.5 Å². The van der Waals surface area contributed by atoms with Crippen molar-refractivity contribution >= 4 is 41.4 Å². The van der Waals surface area contributed by atoms with Crippen LogP contribution in [0, 0.1) is 11.8 Å². The zero-order valence-corrected chi connectivity index (χ0v) is 20.0. The van der Waals surface area contributed by atoms with Gasteiger partial charge in [-0.1, -0.05) is 34.1 Å². The second kappa shape index (κ2) is 14.7. The van der Waals surface area contributed by atoms with Gasteiger partial charge in [-0.05, 0) is 30.3 Å². The number of thioether (sulfide) groups is 1. The summed E-state index contributed by atoms with van der Waals surface area (Å²) >= 11 is 1.42. The molecule has 0 bridgehead atoms. The molecule has 0 aliphatic carbocycles. The molecule has 0 aliphatic heterocycles. The van der Waals surface area contributed by atoms with Crippen LogP contribution in [0.2, 0.25) is 0 Å². The summed E-state index contributed by atoms with van der Waals surface area (Å²) in [6.45, 7) is 6.89. The Morgan fingerprint density at radius 2 is 1.44 bits per heavy atom. The van der Waals surface area contributed by atoms with Crippen molar-refractivity contribution < 1.29 is 34.2 Å². The van der Waals surface area contributed by atoms with E-state index >= 15 is 0 Å². The first-order valence-electron chi connectivity index (χ1n) is 10.5. The van der Waals surface area contributed by atoms with E-state index in [-0.39, 0.29) is 18.3 Å². The third kappa shape index (κ3) is 10.3. The van der Waals surface area contributed by atoms with Crippen LogP contribution in [0.4, 0.5) is 0 Å². The lowest BCUT2D eigenvalue weighted by Gasteiger charge is -2.26. The van der Waals surface area contributed by atoms with E-state index in [4.69, 9.17) is 10.8 Å². The molecule has 0 aromatic heterocycles. The molecule has 0 aromatic rings. The predicted molar refractivity (Wildman–Crippen MR) is 121 cm³/mol. The van der Waals surface area contributed by atoms with Crippen molar-refractivity contribution in [2.45, 2.75) is 71.1 Å². The van der Waals surface area contributed by atoms with E-state index in [1.807, 2.05) is 0 Å². The molecular formula is C20H36N4O7S. The number of carboxylic acid groups (broad SMARTS) is 2. The standard InChI is InChI=1S/C20H36N4O7S/c1-6-11(4)16(20(30)31)24-17(27)12(7-8-32-5)22-18(28)13(9-14(25)26)23-19(29)15(21)10(2)3/h10-13,15-16H,6-9,21H2,1-5H3,(H,22,28)(H,23,29)(H,24,27)(H,25,26)(H,30,31). The van der Waals surface area contributed by atoms with Gasteiger partial charge in [-0.3, -0.25) is 19.2 Å². The molecule has 0 rings (SSSR count). The highest BCUT2D eigenvalue weighted by molar-refractivity contribution is 7.98. The molecule has 5 unspecified atom stereocenters. The summed E-state index contributed by atoms with van der Waals surface area (Å²) in [6, 6.07) is -4.63. The minimum Gasteiger partial charge on any atom is -0.481 e. The number of nitrogens with one attached hydrogen (secondary N) is 3. The maximum Gasteiger partial charge on any atom is 0.326 e. The van der Waals surface area contributed by atoms with Crippen LogP contribution in [0.1, 0.15) is 47.0 Å². The lowest BCUT2D eigenvalue weighted by molar-refractivity contribution is -0.144. The van der Waals surface area contributed by atoms with Crippen molar-refractivity contribution in [1.82, 2.24) is 16.0 Å². The Kier molecular flexibility index (Phi) is 13.6. The summed E-state index contributed by atoms with van der Waals surface area (Å²) in [7, 11) is 0. The van der Waals surface area contributed by atoms with Crippen molar-refractivity contribution in [2.24, 2.45) is 17.6 Å². The Bertz CT molecular complexity index is 674. The second-order valence-corrected chi connectivity index (χ2v) is 8.97. The number of hydrogen-bond acceptors (Lipinski definition) is 7. The highest BCUT2D eigenvalue weighted by Gasteiger charge is 2.32. The average Bonchev–Trinajstić information content (AvgIpc) is 2.71. The molecule has 7 N–H and O–H groups in total. The van der Waals surface area contributed by atoms with Gasteiger partial charge in [0, 0.05) is 0 Å². The number of carbonyl (C=O) groups is 5. The van der Waals surface area contributed by atoms with Crippen molar-refractivity contribution in [3.63, 3.8) is 0 Å². The molecular weight excluding hydrogens is 440 g/mol. The van der Waals surface area contributed by atoms with Gasteiger partial charge in [-0.25, -0.2) is 4.79 Å². The maximum atomic E-state index is 12.8. The molecule has 0 saturated heterocycles. The van der Waals surface area contributed by atoms with Crippen LogP contribution in [0.3, 0.4) is 0 Å². The largest absolute Gasteiger partial charge is 0.481 e. The molecule has 0 fully saturated rings. The fraction of sp³-hybridized carbons (Fsp3) is 0.750. The number of carbonyl (C=O) groups excluding carboxylic acids is 3. The number of aliphatic carboxylic acids is 2. The highest BCUT2D eigenvalue weighted by atomic mass is 32.2. The van der Waals surface area contributed by atoms with Crippen LogP contribution in [0.15, 0.2) is 0 Å². The van der Waals surface area contributed by atoms with Crippen LogP contribution < -0.4 is 21.7 Å². The fourth-order valence-electron chi connectivity index (χ4n) is 2.67. The maximum absolute atomic E-state index is 12.8. The van der Waals surface area contributed by atoms with Crippen LogP contribution >= 0.6 is 11.8 Å². The SMILES string of the molecule is CCC(C)C(NC(=O)C(CCSC)NC(=O)C(CC(=O)O)NC(=O)C(N)C(C)C)C(=O)O. The molecule has 32 heavy (non-hydrogen) atoms. The molecule has 12 heteroatoms. The van der Waals surface area contributed by atoms with Gasteiger partial charge in [0.25, 0.3) is 0 Å². The number of nitrogens with two attached hydrogens (primary N) is 1. The average molecular weight is 477 g/mol. The van der Waals surface area contributed by atoms with Gasteiger partial charge in [-0.15, -0.1) is 0 Å². The molecule has 0 saturated carbocycles. The summed E-state index contributed by atoms with van der Waals surface area (Å²) in [5, 5.41) is 25.8. The van der Waals surface area contributed by atoms with Gasteiger partial charge in [0.2, 0.25) is 17.7 Å². The quantitative estimate of drug-likeness (QED) is 0.186. The highest BCUT2D eigenvalue weighted by Crippen LogP contribution is 2.10. The number of hydrogen-bond donors (Lipinski definition) is 6. The van der Waals surface area contributed by atoms with Crippen molar-refractivity contribution in [2.75, 3.05) is 12.0 Å². The van der Waals surface area contributed by atoms with Gasteiger partial charge in [-0.2, -0.15) is 11.8 Å². The minimum atomic E-state index is -1.45. The Labute approximate surface area is 192 Å². The number of carboxylic acids is 2. The smallest absolute Gasteiger partial charge is 0.326 e. The van der Waals surface area contributed by atoms with Gasteiger partial charge in [0.15, 0.2) is 0 Å². The fourth-order valence-corrected chi connectivity index (χ4v) is 3.14. The summed E-state index contributed by atoms with van der Waals surface area (Å²) in [6.07, 6.45) is 1.80. The molecule has 0 spiro atoms. The molecule has 3 amide bonds. The van der Waals surface area contributed by atoms with Crippen LogP contribution in [-0.4, -0.2) is 76.0 Å². The first-order chi connectivity index (χ1) is 14.8. The van der Waals surface area contributed by atoms with Crippen LogP contribution in [0.5, 0.6) is 0 Å². The first kappa shape index (κ1) is 29.7. The summed E-state index contributed by atoms with van der Waals surface area (Å²) < 4.78 is 0. The van der Waals surface area contributed by atoms with E-state index in [9.17, 15) is 29.1 Å². The monoisotopic (exact) mass is 476 g/mol. The van der Waals surface area contributed by atoms with Gasteiger partial charge in [0.1, 0.15) is 18.1 Å². The lowest BCUT2D eigenvalue weighted by Crippen LogP contribution is -2.58. The van der Waals surface area contributed by atoms with Crippen molar-refractivity contribution in [3.8, 4) is 0 Å². The second-order valence-electron chi connectivity index (χ2n) is 7.98. The van der Waals surface area contributed by atoms with E-state index in [2.05, 4.69) is 16.0 Å². The zero-order valence-electron chi connectivity index (χ0n) is 19.2. The third-order valence-corrected chi connectivity index (χ3v) is 5.70. The molecule has 5 atom stereocenters. The predicted octanol–water partition coefficient (Wildman–Crippen LogP) is -0.217. The van der Waals surface area contributed by atoms with E-state index in [0.717, 1.165) is 0 Å². The minimum absolute atomic E-state index is 0.185. The Hall–Kier alpha value is -2.34. The first-order valence-corrected chi connectivity index (χ1v) is 11.8. The summed E-state index contributed by atoms with van der Waals surface area (Å²) in [5.74, 6) is -4.87. The van der Waals surface area contributed by atoms with E-state index < -0.39 is 60.2 Å².